The number of aromatic nitrogens is 1. The molecule has 0 bridgehead atoms. The molecule has 334 valence electrons. The van der Waals surface area contributed by atoms with Crippen molar-refractivity contribution in [2.24, 2.45) is 0 Å². The maximum Gasteiger partial charge on any atom is 0.0725 e. The van der Waals surface area contributed by atoms with Gasteiger partial charge in [0.2, 0.25) is 0 Å². The zero-order valence-corrected chi connectivity index (χ0v) is 40.3. The van der Waals surface area contributed by atoms with Gasteiger partial charge in [-0.15, -0.1) is 0 Å². The van der Waals surface area contributed by atoms with Crippen LogP contribution in [0, 0.1) is 0 Å². The van der Waals surface area contributed by atoms with E-state index in [4.69, 9.17) is 4.98 Å². The predicted molar refractivity (Wildman–Crippen MR) is 288 cm³/mol. The summed E-state index contributed by atoms with van der Waals surface area (Å²) >= 11 is 0. The van der Waals surface area contributed by atoms with Crippen LogP contribution in [-0.2, 0) is 23.7 Å². The summed E-state index contributed by atoms with van der Waals surface area (Å²) in [4.78, 5) is 5.75. The summed E-state index contributed by atoms with van der Waals surface area (Å²) in [6.45, 7) is 9.40. The van der Waals surface area contributed by atoms with Crippen molar-refractivity contribution in [3.8, 4) is 66.9 Å². The monoisotopic (exact) mass is 879 g/mol. The summed E-state index contributed by atoms with van der Waals surface area (Å²) in [5.41, 5.74) is 26.8. The number of benzene rings is 8. The number of pyridine rings is 1. The van der Waals surface area contributed by atoms with Gasteiger partial charge in [0, 0.05) is 16.4 Å². The summed E-state index contributed by atoms with van der Waals surface area (Å²) in [5, 5.41) is 1.23. The van der Waals surface area contributed by atoms with Gasteiger partial charge in [-0.2, -0.15) is 0 Å². The van der Waals surface area contributed by atoms with E-state index in [0.29, 0.717) is 0 Å². The molecule has 1 heteroatoms. The first-order valence-corrected chi connectivity index (χ1v) is 25.7. The molecule has 1 nitrogen and oxygen atoms in total. The van der Waals surface area contributed by atoms with Gasteiger partial charge in [0.1, 0.15) is 0 Å². The Morgan fingerprint density at radius 3 is 1.50 bits per heavy atom. The second-order valence-electron chi connectivity index (χ2n) is 20.5. The Morgan fingerprint density at radius 2 is 0.882 bits per heavy atom. The molecule has 1 heterocycles. The Labute approximate surface area is 404 Å². The third kappa shape index (κ3) is 6.75. The van der Waals surface area contributed by atoms with Crippen molar-refractivity contribution in [1.82, 2.24) is 4.98 Å². The minimum atomic E-state index is -0.478. The molecule has 0 saturated carbocycles. The summed E-state index contributed by atoms with van der Waals surface area (Å²) in [6.07, 6.45) is 12.3. The van der Waals surface area contributed by atoms with Gasteiger partial charge in [-0.25, -0.2) is 4.98 Å². The highest BCUT2D eigenvalue weighted by atomic mass is 14.7. The fourth-order valence-corrected chi connectivity index (χ4v) is 12.6. The van der Waals surface area contributed by atoms with Gasteiger partial charge in [0.05, 0.1) is 16.6 Å². The zero-order chi connectivity index (χ0) is 46.0. The van der Waals surface area contributed by atoms with Crippen LogP contribution in [0.15, 0.2) is 176 Å². The second kappa shape index (κ2) is 17.0. The van der Waals surface area contributed by atoms with Crippen LogP contribution >= 0.6 is 0 Å². The van der Waals surface area contributed by atoms with E-state index in [0.717, 1.165) is 29.6 Å². The average Bonchev–Trinajstić information content (AvgIpc) is 3.93. The Bertz CT molecular complexity index is 3330. The van der Waals surface area contributed by atoms with Crippen molar-refractivity contribution in [2.75, 3.05) is 0 Å². The van der Waals surface area contributed by atoms with Gasteiger partial charge >= 0.3 is 0 Å². The first-order chi connectivity index (χ1) is 33.4. The molecule has 0 saturated heterocycles. The SMILES string of the molecule is CCCCCCc1cc(CCCCCC)cc(-c2cc(-c3ccc4c(c3)C3(c5ccccc5-c5ccccc53)c3cc(-c5ccccc5)ccc3-4)nc3cc4c(cc23)-c2ccccc2C4(C)C)c1. The molecule has 3 aliphatic rings. The molecule has 8 aromatic carbocycles. The molecule has 9 aromatic rings. The van der Waals surface area contributed by atoms with E-state index in [-0.39, 0.29) is 5.41 Å². The summed E-state index contributed by atoms with van der Waals surface area (Å²) in [5.74, 6) is 0. The number of hydrogen-bond acceptors (Lipinski definition) is 1. The molecule has 0 unspecified atom stereocenters. The normalized spacial score (nSPS) is 14.1. The van der Waals surface area contributed by atoms with Gasteiger partial charge in [-0.3, -0.25) is 0 Å². The molecule has 0 N–H and O–H groups in total. The maximum atomic E-state index is 5.75. The van der Waals surface area contributed by atoms with Gasteiger partial charge in [-0.05, 0) is 156 Å². The third-order valence-electron chi connectivity index (χ3n) is 16.0. The van der Waals surface area contributed by atoms with Gasteiger partial charge < -0.3 is 0 Å². The van der Waals surface area contributed by atoms with Crippen LogP contribution in [0.1, 0.15) is 124 Å². The van der Waals surface area contributed by atoms with Crippen LogP contribution < -0.4 is 0 Å². The molecule has 0 amide bonds. The topological polar surface area (TPSA) is 12.9 Å². The number of hydrogen-bond donors (Lipinski definition) is 0. The Balaban J connectivity index is 1.09. The van der Waals surface area contributed by atoms with Crippen LogP contribution in [0.2, 0.25) is 0 Å². The Morgan fingerprint density at radius 1 is 0.353 bits per heavy atom. The number of unbranched alkanes of at least 4 members (excludes halogenated alkanes) is 6. The summed E-state index contributed by atoms with van der Waals surface area (Å²) in [6, 6.07) is 67.7. The van der Waals surface area contributed by atoms with Crippen molar-refractivity contribution >= 4 is 10.9 Å². The van der Waals surface area contributed by atoms with Gasteiger partial charge in [0.15, 0.2) is 0 Å². The molecule has 3 aliphatic carbocycles. The number of fused-ring (bicyclic) bond motifs is 14. The average molecular weight is 880 g/mol. The molecular weight excluding hydrogens is 819 g/mol. The number of aryl methyl sites for hydroxylation is 2. The van der Waals surface area contributed by atoms with E-state index < -0.39 is 5.41 Å². The highest BCUT2D eigenvalue weighted by Gasteiger charge is 2.52. The minimum absolute atomic E-state index is 0.129. The second-order valence-corrected chi connectivity index (χ2v) is 20.5. The van der Waals surface area contributed by atoms with E-state index in [9.17, 15) is 0 Å². The molecule has 1 aromatic heterocycles. The lowest BCUT2D eigenvalue weighted by molar-refractivity contribution is 0.661. The van der Waals surface area contributed by atoms with Crippen molar-refractivity contribution in [3.63, 3.8) is 0 Å². The summed E-state index contributed by atoms with van der Waals surface area (Å²) < 4.78 is 0. The van der Waals surface area contributed by atoms with Crippen LogP contribution in [0.3, 0.4) is 0 Å². The first-order valence-electron chi connectivity index (χ1n) is 25.7. The number of rotatable bonds is 13. The minimum Gasteiger partial charge on any atom is -0.248 e. The highest BCUT2D eigenvalue weighted by molar-refractivity contribution is 6.02. The Kier molecular flexibility index (Phi) is 10.7. The lowest BCUT2D eigenvalue weighted by atomic mass is 9.70. The van der Waals surface area contributed by atoms with E-state index >= 15 is 0 Å². The van der Waals surface area contributed by atoms with Crippen LogP contribution in [-0.4, -0.2) is 4.98 Å². The van der Waals surface area contributed by atoms with E-state index in [1.54, 1.807) is 0 Å². The van der Waals surface area contributed by atoms with Gasteiger partial charge in [-0.1, -0.05) is 212 Å². The molecular formula is C67H61N. The fraction of sp³-hybridized carbons (Fsp3) is 0.239. The van der Waals surface area contributed by atoms with E-state index in [1.807, 2.05) is 0 Å². The fourth-order valence-electron chi connectivity index (χ4n) is 12.6. The smallest absolute Gasteiger partial charge is 0.0725 e. The van der Waals surface area contributed by atoms with Gasteiger partial charge in [0.25, 0.3) is 0 Å². The van der Waals surface area contributed by atoms with E-state index in [2.05, 4.69) is 204 Å². The summed E-state index contributed by atoms with van der Waals surface area (Å²) in [7, 11) is 0. The molecule has 0 fully saturated rings. The maximum absolute atomic E-state index is 5.75. The molecule has 12 rings (SSSR count). The van der Waals surface area contributed by atoms with E-state index in [1.165, 1.54) is 157 Å². The number of nitrogens with zero attached hydrogens (tertiary/aromatic N) is 1. The quantitative estimate of drug-likeness (QED) is 0.105. The van der Waals surface area contributed by atoms with Crippen molar-refractivity contribution in [3.05, 3.63) is 220 Å². The predicted octanol–water partition coefficient (Wildman–Crippen LogP) is 18.1. The largest absolute Gasteiger partial charge is 0.248 e. The molecule has 0 radical (unpaired) electrons. The zero-order valence-electron chi connectivity index (χ0n) is 40.3. The standard InChI is InChI=1S/C67H61N/c1-5-7-9-12-22-44-36-45(23-13-10-8-6-2)38-49(37-44)55-42-64(68-65-43-61-56(41-57(55)65)52-28-16-19-29-58(52)66(61,3)4)48-33-35-54-53-34-32-47(46-24-14-11-15-25-46)39-62(53)67(63(54)40-48)59-30-20-17-26-50(59)51-27-18-21-31-60(51)67/h11,14-21,24-43H,5-10,12-13,22-23H2,1-4H3. The highest BCUT2D eigenvalue weighted by Crippen LogP contribution is 2.63. The van der Waals surface area contributed by atoms with Crippen LogP contribution in [0.25, 0.3) is 77.8 Å². The van der Waals surface area contributed by atoms with Crippen molar-refractivity contribution in [2.45, 2.75) is 103 Å². The lowest BCUT2D eigenvalue weighted by Gasteiger charge is -2.31. The molecule has 1 spiro atoms. The molecule has 68 heavy (non-hydrogen) atoms. The van der Waals surface area contributed by atoms with Crippen molar-refractivity contribution in [1.29, 1.82) is 0 Å². The van der Waals surface area contributed by atoms with Crippen LogP contribution in [0.4, 0.5) is 0 Å². The van der Waals surface area contributed by atoms with Crippen molar-refractivity contribution < 1.29 is 0 Å². The third-order valence-corrected chi connectivity index (χ3v) is 16.0. The van der Waals surface area contributed by atoms with Crippen LogP contribution in [0.5, 0.6) is 0 Å². The first kappa shape index (κ1) is 42.5. The lowest BCUT2D eigenvalue weighted by Crippen LogP contribution is -2.26. The molecule has 0 atom stereocenters. The molecule has 0 aliphatic heterocycles. The Hall–Kier alpha value is -6.83.